The van der Waals surface area contributed by atoms with E-state index in [0.29, 0.717) is 5.41 Å². The van der Waals surface area contributed by atoms with E-state index in [1.54, 1.807) is 0 Å². The lowest BCUT2D eigenvalue weighted by Gasteiger charge is -2.39. The molecule has 19 heavy (non-hydrogen) atoms. The van der Waals surface area contributed by atoms with Gasteiger partial charge in [0.2, 0.25) is 0 Å². The van der Waals surface area contributed by atoms with Crippen LogP contribution in [0.15, 0.2) is 4.99 Å². The van der Waals surface area contributed by atoms with Crippen LogP contribution in [-0.2, 0) is 0 Å². The molecule has 0 bridgehead atoms. The summed E-state index contributed by atoms with van der Waals surface area (Å²) in [5, 5.41) is 0. The summed E-state index contributed by atoms with van der Waals surface area (Å²) < 4.78 is 0. The molecule has 2 aliphatic rings. The van der Waals surface area contributed by atoms with E-state index in [1.807, 2.05) is 0 Å². The van der Waals surface area contributed by atoms with Crippen molar-refractivity contribution in [2.24, 2.45) is 22.1 Å². The van der Waals surface area contributed by atoms with Gasteiger partial charge in [-0.05, 0) is 43.4 Å². The van der Waals surface area contributed by atoms with Crippen molar-refractivity contribution >= 4 is 5.96 Å². The predicted molar refractivity (Wildman–Crippen MR) is 82.2 cm³/mol. The average molecular weight is 265 g/mol. The predicted octanol–water partition coefficient (Wildman–Crippen LogP) is 3.39. The Morgan fingerprint density at radius 3 is 2.68 bits per heavy atom. The number of guanidine groups is 1. The molecular weight excluding hydrogens is 234 g/mol. The monoisotopic (exact) mass is 265 g/mol. The first-order valence-electron chi connectivity index (χ1n) is 7.96. The Morgan fingerprint density at radius 2 is 2.05 bits per heavy atom. The molecule has 0 aromatic carbocycles. The van der Waals surface area contributed by atoms with Gasteiger partial charge in [-0.25, -0.2) is 0 Å². The Kier molecular flexibility index (Phi) is 4.12. The molecule has 2 atom stereocenters. The summed E-state index contributed by atoms with van der Waals surface area (Å²) in [6.45, 7) is 11.4. The maximum atomic E-state index is 6.12. The molecule has 110 valence electrons. The molecule has 1 saturated carbocycles. The zero-order chi connectivity index (χ0) is 14.1. The minimum absolute atomic E-state index is 0.250. The van der Waals surface area contributed by atoms with Crippen LogP contribution < -0.4 is 5.73 Å². The number of rotatable bonds is 2. The zero-order valence-corrected chi connectivity index (χ0v) is 13.2. The molecule has 3 heteroatoms. The van der Waals surface area contributed by atoms with Crippen molar-refractivity contribution in [2.45, 2.75) is 71.8 Å². The molecule has 1 spiro atoms. The van der Waals surface area contributed by atoms with Crippen molar-refractivity contribution in [2.75, 3.05) is 13.1 Å². The van der Waals surface area contributed by atoms with Crippen LogP contribution in [0.5, 0.6) is 0 Å². The number of nitrogens with zero attached hydrogens (tertiary/aromatic N) is 2. The molecule has 1 fully saturated rings. The second-order valence-electron chi connectivity index (χ2n) is 7.54. The lowest BCUT2D eigenvalue weighted by atomic mass is 9.76. The summed E-state index contributed by atoms with van der Waals surface area (Å²) in [6.07, 6.45) is 7.70. The molecule has 2 unspecified atom stereocenters. The highest BCUT2D eigenvalue weighted by molar-refractivity contribution is 5.81. The van der Waals surface area contributed by atoms with E-state index >= 15 is 0 Å². The Bertz CT molecular complexity index is 342. The highest BCUT2D eigenvalue weighted by atomic mass is 15.4. The minimum Gasteiger partial charge on any atom is -0.370 e. The third kappa shape index (κ3) is 2.90. The maximum Gasteiger partial charge on any atom is 0.191 e. The Balaban J connectivity index is 2.09. The number of hydrogen-bond acceptors (Lipinski definition) is 3. The second-order valence-corrected chi connectivity index (χ2v) is 7.54. The summed E-state index contributed by atoms with van der Waals surface area (Å²) in [7, 11) is 0. The molecule has 1 aliphatic heterocycles. The van der Waals surface area contributed by atoms with E-state index in [-0.39, 0.29) is 5.54 Å². The molecular formula is C16H31N3. The van der Waals surface area contributed by atoms with Crippen LogP contribution >= 0.6 is 0 Å². The summed E-state index contributed by atoms with van der Waals surface area (Å²) in [4.78, 5) is 6.98. The van der Waals surface area contributed by atoms with E-state index < -0.39 is 0 Å². The van der Waals surface area contributed by atoms with Crippen LogP contribution in [0.1, 0.15) is 66.2 Å². The third-order valence-corrected chi connectivity index (χ3v) is 5.21. The maximum absolute atomic E-state index is 6.12. The largest absolute Gasteiger partial charge is 0.370 e. The first-order valence-corrected chi connectivity index (χ1v) is 7.96. The van der Waals surface area contributed by atoms with Gasteiger partial charge in [-0.1, -0.05) is 34.1 Å². The molecule has 1 heterocycles. The molecule has 3 nitrogen and oxygen atoms in total. The Hall–Kier alpha value is -0.730. The SMILES string of the molecule is CCCN1C(N)=NCC12CCCC(C(C)(C)C)CC2. The molecule has 0 saturated heterocycles. The van der Waals surface area contributed by atoms with Gasteiger partial charge in [-0.15, -0.1) is 0 Å². The molecule has 1 aliphatic carbocycles. The average Bonchev–Trinajstić information content (AvgIpc) is 2.53. The van der Waals surface area contributed by atoms with Gasteiger partial charge >= 0.3 is 0 Å². The van der Waals surface area contributed by atoms with Gasteiger partial charge in [0.25, 0.3) is 0 Å². The Labute approximate surface area is 118 Å². The van der Waals surface area contributed by atoms with Gasteiger partial charge in [0.05, 0.1) is 12.1 Å². The van der Waals surface area contributed by atoms with E-state index in [0.717, 1.165) is 31.4 Å². The third-order valence-electron chi connectivity index (χ3n) is 5.21. The van der Waals surface area contributed by atoms with Crippen LogP contribution in [0.4, 0.5) is 0 Å². The minimum atomic E-state index is 0.250. The number of hydrogen-bond donors (Lipinski definition) is 1. The summed E-state index contributed by atoms with van der Waals surface area (Å²) in [5.74, 6) is 1.63. The summed E-state index contributed by atoms with van der Waals surface area (Å²) >= 11 is 0. The molecule has 0 radical (unpaired) electrons. The highest BCUT2D eigenvalue weighted by Crippen LogP contribution is 2.43. The first-order chi connectivity index (χ1) is 8.89. The smallest absolute Gasteiger partial charge is 0.191 e. The first kappa shape index (κ1) is 14.7. The van der Waals surface area contributed by atoms with Gasteiger partial charge in [-0.3, -0.25) is 4.99 Å². The quantitative estimate of drug-likeness (QED) is 0.831. The summed E-state index contributed by atoms with van der Waals surface area (Å²) in [6, 6.07) is 0. The van der Waals surface area contributed by atoms with Crippen molar-refractivity contribution in [3.63, 3.8) is 0 Å². The molecule has 0 aromatic rings. The Morgan fingerprint density at radius 1 is 1.32 bits per heavy atom. The lowest BCUT2D eigenvalue weighted by molar-refractivity contribution is 0.162. The van der Waals surface area contributed by atoms with Gasteiger partial charge in [0.15, 0.2) is 5.96 Å². The van der Waals surface area contributed by atoms with Gasteiger partial charge < -0.3 is 10.6 Å². The number of nitrogens with two attached hydrogens (primary N) is 1. The molecule has 2 rings (SSSR count). The van der Waals surface area contributed by atoms with E-state index in [9.17, 15) is 0 Å². The van der Waals surface area contributed by atoms with Crippen molar-refractivity contribution in [3.8, 4) is 0 Å². The van der Waals surface area contributed by atoms with Crippen molar-refractivity contribution in [1.82, 2.24) is 4.90 Å². The van der Waals surface area contributed by atoms with Crippen molar-refractivity contribution in [1.29, 1.82) is 0 Å². The van der Waals surface area contributed by atoms with Gasteiger partial charge in [0, 0.05) is 6.54 Å². The fraction of sp³-hybridized carbons (Fsp3) is 0.938. The van der Waals surface area contributed by atoms with Crippen molar-refractivity contribution in [3.05, 3.63) is 0 Å². The van der Waals surface area contributed by atoms with Crippen molar-refractivity contribution < 1.29 is 0 Å². The van der Waals surface area contributed by atoms with Crippen LogP contribution in [0, 0.1) is 11.3 Å². The van der Waals surface area contributed by atoms with Crippen LogP contribution in [0.2, 0.25) is 0 Å². The normalized spacial score (nSPS) is 32.5. The topological polar surface area (TPSA) is 41.6 Å². The standard InChI is InChI=1S/C16H31N3/c1-5-11-19-14(17)18-12-16(19)9-6-7-13(8-10-16)15(2,3)4/h13H,5-12H2,1-4H3,(H2,17,18). The fourth-order valence-corrected chi connectivity index (χ4v) is 3.90. The van der Waals surface area contributed by atoms with E-state index in [1.165, 1.54) is 32.1 Å². The lowest BCUT2D eigenvalue weighted by Crippen LogP contribution is -2.51. The van der Waals surface area contributed by atoms with E-state index in [4.69, 9.17) is 5.73 Å². The van der Waals surface area contributed by atoms with Crippen LogP contribution in [0.3, 0.4) is 0 Å². The fourth-order valence-electron chi connectivity index (χ4n) is 3.90. The summed E-state index contributed by atoms with van der Waals surface area (Å²) in [5.41, 5.74) is 6.80. The van der Waals surface area contributed by atoms with E-state index in [2.05, 4.69) is 37.6 Å². The number of aliphatic imine (C=N–C) groups is 1. The van der Waals surface area contributed by atoms with Crippen LogP contribution in [0.25, 0.3) is 0 Å². The highest BCUT2D eigenvalue weighted by Gasteiger charge is 2.43. The molecule has 0 amide bonds. The van der Waals surface area contributed by atoms with Gasteiger partial charge in [-0.2, -0.15) is 0 Å². The molecule has 2 N–H and O–H groups in total. The van der Waals surface area contributed by atoms with Crippen LogP contribution in [-0.4, -0.2) is 29.5 Å². The zero-order valence-electron chi connectivity index (χ0n) is 13.2. The van der Waals surface area contributed by atoms with Gasteiger partial charge in [0.1, 0.15) is 0 Å². The second kappa shape index (κ2) is 5.34. The molecule has 0 aromatic heterocycles.